The third-order valence-corrected chi connectivity index (χ3v) is 2.53. The van der Waals surface area contributed by atoms with Crippen LogP contribution in [0.3, 0.4) is 0 Å². The molecular weight excluding hydrogens is 241 g/mol. The van der Waals surface area contributed by atoms with Gasteiger partial charge in [-0.3, -0.25) is 0 Å². The molecule has 0 amide bonds. The first-order valence-electron chi connectivity index (χ1n) is 5.77. The molecule has 2 aromatic carbocycles. The van der Waals surface area contributed by atoms with Crippen LogP contribution in [0.25, 0.3) is 11.1 Å². The molecule has 94 valence electrons. The molecule has 0 aliphatic carbocycles. The van der Waals surface area contributed by atoms with Gasteiger partial charge < -0.3 is 5.11 Å². The van der Waals surface area contributed by atoms with Crippen LogP contribution in [-0.4, -0.2) is 11.3 Å². The monoisotopic (exact) mass is 253 g/mol. The van der Waals surface area contributed by atoms with Crippen LogP contribution < -0.4 is 0 Å². The smallest absolute Gasteiger partial charge is 0.379 e. The number of aliphatic hydroxyl groups is 1. The van der Waals surface area contributed by atoms with Gasteiger partial charge in [0.15, 0.2) is 6.08 Å². The molecule has 1 nitrogen and oxygen atoms in total. The predicted molar refractivity (Wildman–Crippen MR) is 62.9 cm³/mol. The molecule has 2 rings (SSSR count). The van der Waals surface area contributed by atoms with E-state index in [4.69, 9.17) is 1.37 Å². The predicted octanol–water partition coefficient (Wildman–Crippen LogP) is 3.95. The molecule has 18 heavy (non-hydrogen) atoms. The number of hydrogen-bond acceptors (Lipinski definition) is 1. The molecule has 0 bridgehead atoms. The molecule has 0 radical (unpaired) electrons. The van der Waals surface area contributed by atoms with Crippen LogP contribution in [0.4, 0.5) is 13.2 Å². The lowest BCUT2D eigenvalue weighted by atomic mass is 10.0. The second-order valence-electron chi connectivity index (χ2n) is 3.79. The minimum absolute atomic E-state index is 0.500. The van der Waals surface area contributed by atoms with E-state index in [0.29, 0.717) is 0 Å². The Hall–Kier alpha value is -1.81. The first-order chi connectivity index (χ1) is 8.82. The zero-order valence-electron chi connectivity index (χ0n) is 10.3. The average Bonchev–Trinajstić information content (AvgIpc) is 2.39. The van der Waals surface area contributed by atoms with Gasteiger partial charge in [-0.1, -0.05) is 54.6 Å². The number of rotatable bonds is 2. The lowest BCUT2D eigenvalue weighted by Gasteiger charge is -2.15. The summed E-state index contributed by atoms with van der Waals surface area (Å²) in [6, 6.07) is 14.3. The average molecular weight is 253 g/mol. The maximum absolute atomic E-state index is 12.5. The highest BCUT2D eigenvalue weighted by Gasteiger charge is 2.39. The van der Waals surface area contributed by atoms with Crippen molar-refractivity contribution in [2.75, 3.05) is 0 Å². The maximum atomic E-state index is 12.5. The van der Waals surface area contributed by atoms with Crippen LogP contribution in [0.1, 0.15) is 13.0 Å². The van der Waals surface area contributed by atoms with Crippen molar-refractivity contribution in [3.63, 3.8) is 0 Å². The molecular formula is C14H11F3O. The summed E-state index contributed by atoms with van der Waals surface area (Å²) >= 11 is 0. The second kappa shape index (κ2) is 4.82. The van der Waals surface area contributed by atoms with E-state index >= 15 is 0 Å². The molecule has 0 aliphatic heterocycles. The van der Waals surface area contributed by atoms with Crippen molar-refractivity contribution in [3.05, 3.63) is 60.2 Å². The Balaban J connectivity index is 2.35. The van der Waals surface area contributed by atoms with Crippen LogP contribution >= 0.6 is 0 Å². The third-order valence-electron chi connectivity index (χ3n) is 2.53. The second-order valence-corrected chi connectivity index (χ2v) is 3.79. The van der Waals surface area contributed by atoms with E-state index in [1.54, 1.807) is 0 Å². The molecule has 0 spiro atoms. The highest BCUT2D eigenvalue weighted by molar-refractivity contribution is 5.63. The summed E-state index contributed by atoms with van der Waals surface area (Å²) in [5, 5.41) is 9.23. The minimum atomic E-state index is -5.03. The van der Waals surface area contributed by atoms with E-state index in [9.17, 15) is 18.3 Å². The van der Waals surface area contributed by atoms with Crippen LogP contribution in [0.5, 0.6) is 0 Å². The van der Waals surface area contributed by atoms with Gasteiger partial charge in [-0.15, -0.1) is 0 Å². The fourth-order valence-corrected chi connectivity index (χ4v) is 1.61. The summed E-state index contributed by atoms with van der Waals surface area (Å²) in [4.78, 5) is 0. The van der Waals surface area contributed by atoms with Gasteiger partial charge in [0.2, 0.25) is 0 Å². The molecule has 1 N–H and O–H groups in total. The third kappa shape index (κ3) is 2.71. The van der Waals surface area contributed by atoms with Crippen LogP contribution in [0.15, 0.2) is 54.6 Å². The van der Waals surface area contributed by atoms with Crippen LogP contribution in [0.2, 0.25) is 0 Å². The lowest BCUT2D eigenvalue weighted by molar-refractivity contribution is -0.206. The normalized spacial score (nSPS) is 15.9. The zero-order chi connectivity index (χ0) is 14.1. The molecule has 0 saturated carbocycles. The molecule has 0 saturated heterocycles. The Morgan fingerprint density at radius 2 is 1.39 bits per heavy atom. The Kier molecular flexibility index (Phi) is 3.02. The van der Waals surface area contributed by atoms with E-state index in [0.717, 1.165) is 23.3 Å². The molecule has 1 atom stereocenters. The summed E-state index contributed by atoms with van der Waals surface area (Å²) in [5.74, 6) is 0. The van der Waals surface area contributed by atoms with Gasteiger partial charge in [0, 0.05) is 0 Å². The molecule has 4 heteroatoms. The number of hydrogen-bond donors (Lipinski definition) is 1. The first kappa shape index (κ1) is 11.3. The molecule has 0 aromatic heterocycles. The molecule has 2 aromatic rings. The van der Waals surface area contributed by atoms with Crippen LogP contribution in [0, 0.1) is 0 Å². The van der Waals surface area contributed by atoms with Gasteiger partial charge in [0.25, 0.3) is 0 Å². The largest absolute Gasteiger partial charge is 0.418 e. The van der Waals surface area contributed by atoms with Crippen molar-refractivity contribution in [2.24, 2.45) is 0 Å². The van der Waals surface area contributed by atoms with Gasteiger partial charge in [-0.05, 0) is 16.7 Å². The highest BCUT2D eigenvalue weighted by Crippen LogP contribution is 2.33. The lowest BCUT2D eigenvalue weighted by Crippen LogP contribution is -2.19. The van der Waals surface area contributed by atoms with Crippen molar-refractivity contribution < 1.29 is 19.6 Å². The summed E-state index contributed by atoms with van der Waals surface area (Å²) in [5.41, 5.74) is 1.08. The number of benzene rings is 2. The fourth-order valence-electron chi connectivity index (χ4n) is 1.61. The first-order valence-corrected chi connectivity index (χ1v) is 5.27. The Labute approximate surface area is 104 Å². The van der Waals surface area contributed by atoms with E-state index in [-0.39, 0.29) is 0 Å². The zero-order valence-corrected chi connectivity index (χ0v) is 9.28. The van der Waals surface area contributed by atoms with Crippen molar-refractivity contribution in [2.45, 2.75) is 12.3 Å². The van der Waals surface area contributed by atoms with Crippen LogP contribution in [-0.2, 0) is 0 Å². The fraction of sp³-hybridized carbons (Fsp3) is 0.143. The molecule has 0 fully saturated rings. The minimum Gasteiger partial charge on any atom is -0.379 e. The quantitative estimate of drug-likeness (QED) is 0.859. The summed E-state index contributed by atoms with van der Waals surface area (Å²) in [7, 11) is 0. The maximum Gasteiger partial charge on any atom is 0.418 e. The summed E-state index contributed by atoms with van der Waals surface area (Å²) in [6.07, 6.45) is -8.61. The SMILES string of the molecule is [2H]C(O)(c1ccc(-c2ccccc2)cc1)C(F)(F)F. The Morgan fingerprint density at radius 1 is 0.889 bits per heavy atom. The van der Waals surface area contributed by atoms with Gasteiger partial charge in [0.05, 0.1) is 1.37 Å². The Bertz CT molecular complexity index is 547. The van der Waals surface area contributed by atoms with E-state index in [1.807, 2.05) is 30.3 Å². The Morgan fingerprint density at radius 3 is 1.89 bits per heavy atom. The number of halogens is 3. The van der Waals surface area contributed by atoms with Crippen molar-refractivity contribution in [1.82, 2.24) is 0 Å². The standard InChI is InChI=1S/C14H11F3O/c15-14(16,17)13(18)12-8-6-11(7-9-12)10-4-2-1-3-5-10/h1-9,13,18H/i13D. The van der Waals surface area contributed by atoms with Gasteiger partial charge in [0.1, 0.15) is 0 Å². The van der Waals surface area contributed by atoms with E-state index < -0.39 is 17.8 Å². The van der Waals surface area contributed by atoms with E-state index in [1.165, 1.54) is 12.1 Å². The van der Waals surface area contributed by atoms with Gasteiger partial charge in [-0.25, -0.2) is 0 Å². The highest BCUT2D eigenvalue weighted by atomic mass is 19.4. The van der Waals surface area contributed by atoms with Crippen molar-refractivity contribution in [1.29, 1.82) is 0 Å². The summed E-state index contributed by atoms with van der Waals surface area (Å²) in [6.45, 7) is 0. The number of alkyl halides is 3. The topological polar surface area (TPSA) is 20.2 Å². The molecule has 0 heterocycles. The van der Waals surface area contributed by atoms with E-state index in [2.05, 4.69) is 0 Å². The summed E-state index contributed by atoms with van der Waals surface area (Å²) < 4.78 is 44.5. The van der Waals surface area contributed by atoms with Crippen molar-refractivity contribution >= 4 is 0 Å². The van der Waals surface area contributed by atoms with Crippen molar-refractivity contribution in [3.8, 4) is 11.1 Å². The molecule has 1 unspecified atom stereocenters. The molecule has 0 aliphatic rings. The van der Waals surface area contributed by atoms with Gasteiger partial charge in [-0.2, -0.15) is 13.2 Å². The van der Waals surface area contributed by atoms with Gasteiger partial charge >= 0.3 is 6.18 Å².